The van der Waals surface area contributed by atoms with Crippen LogP contribution < -0.4 is 0 Å². The van der Waals surface area contributed by atoms with Crippen LogP contribution in [0.4, 0.5) is 0 Å². The molecule has 0 spiro atoms. The van der Waals surface area contributed by atoms with Gasteiger partial charge in [-0.1, -0.05) is 25.5 Å². The van der Waals surface area contributed by atoms with Gasteiger partial charge in [-0.3, -0.25) is 4.79 Å². The van der Waals surface area contributed by atoms with E-state index >= 15 is 0 Å². The maximum absolute atomic E-state index is 11.7. The summed E-state index contributed by atoms with van der Waals surface area (Å²) in [5.41, 5.74) is 3.03. The van der Waals surface area contributed by atoms with E-state index in [1.54, 1.807) is 18.2 Å². The Balaban J connectivity index is 2.57. The number of benzene rings is 1. The van der Waals surface area contributed by atoms with Crippen molar-refractivity contribution in [3.8, 4) is 0 Å². The Morgan fingerprint density at radius 1 is 1.25 bits per heavy atom. The van der Waals surface area contributed by atoms with E-state index in [4.69, 9.17) is 0 Å². The van der Waals surface area contributed by atoms with Gasteiger partial charge in [0.15, 0.2) is 5.78 Å². The number of hydrogen-bond acceptors (Lipinski definition) is 2. The maximum Gasteiger partial charge on any atom is 0.335 e. The first-order valence-corrected chi connectivity index (χ1v) is 6.76. The zero-order chi connectivity index (χ0) is 15.1. The number of hydrogen-bond donors (Lipinski definition) is 1. The van der Waals surface area contributed by atoms with Gasteiger partial charge in [0.25, 0.3) is 0 Å². The second kappa shape index (κ2) is 4.89. The molecule has 1 N–H and O–H groups in total. The van der Waals surface area contributed by atoms with Crippen LogP contribution in [0.3, 0.4) is 0 Å². The number of aryl methyl sites for hydroxylation is 1. The SMILES string of the molecule is CC1=CC(=O)CC(C)(C)C1c1cc(C)cc(C(=O)O)c1. The molecule has 3 nitrogen and oxygen atoms in total. The predicted octanol–water partition coefficient (Wildman–Crippen LogP) is 3.72. The fraction of sp³-hybridized carbons (Fsp3) is 0.412. The molecule has 1 aliphatic carbocycles. The molecular formula is C17H20O3. The molecule has 3 heteroatoms. The van der Waals surface area contributed by atoms with Gasteiger partial charge < -0.3 is 5.11 Å². The largest absolute Gasteiger partial charge is 0.478 e. The van der Waals surface area contributed by atoms with Crippen LogP contribution >= 0.6 is 0 Å². The van der Waals surface area contributed by atoms with Crippen LogP contribution in [-0.2, 0) is 4.79 Å². The van der Waals surface area contributed by atoms with Crippen molar-refractivity contribution < 1.29 is 14.7 Å². The van der Waals surface area contributed by atoms with E-state index in [0.29, 0.717) is 12.0 Å². The number of ketones is 1. The van der Waals surface area contributed by atoms with Gasteiger partial charge in [-0.2, -0.15) is 0 Å². The van der Waals surface area contributed by atoms with Crippen LogP contribution in [0, 0.1) is 12.3 Å². The Morgan fingerprint density at radius 3 is 2.45 bits per heavy atom. The Bertz CT molecular complexity index is 609. The van der Waals surface area contributed by atoms with E-state index in [9.17, 15) is 14.7 Å². The fourth-order valence-electron chi connectivity index (χ4n) is 3.37. The summed E-state index contributed by atoms with van der Waals surface area (Å²) < 4.78 is 0. The van der Waals surface area contributed by atoms with E-state index < -0.39 is 5.97 Å². The van der Waals surface area contributed by atoms with Crippen molar-refractivity contribution in [3.63, 3.8) is 0 Å². The lowest BCUT2D eigenvalue weighted by atomic mass is 9.65. The van der Waals surface area contributed by atoms with Crippen LogP contribution in [0.15, 0.2) is 29.8 Å². The monoisotopic (exact) mass is 272 g/mol. The highest BCUT2D eigenvalue weighted by atomic mass is 16.4. The van der Waals surface area contributed by atoms with Crippen LogP contribution in [0.5, 0.6) is 0 Å². The van der Waals surface area contributed by atoms with Crippen molar-refractivity contribution in [2.24, 2.45) is 5.41 Å². The lowest BCUT2D eigenvalue weighted by molar-refractivity contribution is -0.117. The fourth-order valence-corrected chi connectivity index (χ4v) is 3.37. The standard InChI is InChI=1S/C17H20O3/c1-10-5-12(8-13(6-10)16(19)20)15-11(2)7-14(18)9-17(15,3)4/h5-8,15H,9H2,1-4H3,(H,19,20). The Kier molecular flexibility index (Phi) is 3.55. The molecule has 106 valence electrons. The second-order valence-electron chi connectivity index (χ2n) is 6.39. The van der Waals surface area contributed by atoms with Crippen LogP contribution in [0.1, 0.15) is 54.6 Å². The zero-order valence-electron chi connectivity index (χ0n) is 12.4. The molecule has 0 aromatic heterocycles. The molecule has 0 aliphatic heterocycles. The summed E-state index contributed by atoms with van der Waals surface area (Å²) >= 11 is 0. The molecule has 0 radical (unpaired) electrons. The second-order valence-corrected chi connectivity index (χ2v) is 6.39. The molecule has 0 fully saturated rings. The average molecular weight is 272 g/mol. The molecule has 20 heavy (non-hydrogen) atoms. The average Bonchev–Trinajstić information content (AvgIpc) is 2.24. The molecule has 1 unspecified atom stereocenters. The van der Waals surface area contributed by atoms with Crippen molar-refractivity contribution >= 4 is 11.8 Å². The number of allylic oxidation sites excluding steroid dienone is 2. The molecule has 1 aromatic carbocycles. The highest BCUT2D eigenvalue weighted by Gasteiger charge is 2.37. The highest BCUT2D eigenvalue weighted by molar-refractivity contribution is 5.92. The number of carbonyl (C=O) groups is 2. The third kappa shape index (κ3) is 2.67. The molecule has 0 bridgehead atoms. The molecule has 0 heterocycles. The minimum atomic E-state index is -0.915. The third-order valence-corrected chi connectivity index (χ3v) is 3.94. The van der Waals surface area contributed by atoms with Crippen molar-refractivity contribution in [2.45, 2.75) is 40.0 Å². The Morgan fingerprint density at radius 2 is 1.90 bits per heavy atom. The molecule has 1 atom stereocenters. The number of carbonyl (C=O) groups excluding carboxylic acids is 1. The van der Waals surface area contributed by atoms with Gasteiger partial charge in [0.2, 0.25) is 0 Å². The van der Waals surface area contributed by atoms with Crippen molar-refractivity contribution in [2.75, 3.05) is 0 Å². The quantitative estimate of drug-likeness (QED) is 0.892. The summed E-state index contributed by atoms with van der Waals surface area (Å²) in [7, 11) is 0. The summed E-state index contributed by atoms with van der Waals surface area (Å²) in [6.45, 7) is 7.98. The minimum absolute atomic E-state index is 0.0817. The van der Waals surface area contributed by atoms with E-state index in [-0.39, 0.29) is 17.1 Å². The number of carboxylic acids is 1. The van der Waals surface area contributed by atoms with E-state index in [0.717, 1.165) is 16.7 Å². The van der Waals surface area contributed by atoms with Gasteiger partial charge in [0.05, 0.1) is 5.56 Å². The first-order valence-electron chi connectivity index (χ1n) is 6.76. The van der Waals surface area contributed by atoms with Gasteiger partial charge in [0.1, 0.15) is 0 Å². The molecule has 1 aliphatic rings. The maximum atomic E-state index is 11.7. The van der Waals surface area contributed by atoms with Gasteiger partial charge in [-0.15, -0.1) is 0 Å². The summed E-state index contributed by atoms with van der Waals surface area (Å²) in [4.78, 5) is 23.0. The van der Waals surface area contributed by atoms with Crippen LogP contribution in [0.25, 0.3) is 0 Å². The molecule has 0 saturated heterocycles. The topological polar surface area (TPSA) is 54.4 Å². The van der Waals surface area contributed by atoms with Crippen molar-refractivity contribution in [3.05, 3.63) is 46.5 Å². The van der Waals surface area contributed by atoms with Crippen LogP contribution in [0.2, 0.25) is 0 Å². The lowest BCUT2D eigenvalue weighted by Gasteiger charge is -2.38. The van der Waals surface area contributed by atoms with E-state index in [2.05, 4.69) is 13.8 Å². The van der Waals surface area contributed by atoms with Gasteiger partial charge in [0, 0.05) is 12.3 Å². The first kappa shape index (κ1) is 14.5. The van der Waals surface area contributed by atoms with E-state index in [1.807, 2.05) is 19.9 Å². The van der Waals surface area contributed by atoms with Crippen LogP contribution in [-0.4, -0.2) is 16.9 Å². The van der Waals surface area contributed by atoms with Gasteiger partial charge in [-0.25, -0.2) is 4.79 Å². The first-order chi connectivity index (χ1) is 9.20. The number of carboxylic acid groups (broad SMARTS) is 1. The summed E-state index contributed by atoms with van der Waals surface area (Å²) in [5.74, 6) is -0.686. The van der Waals surface area contributed by atoms with Crippen molar-refractivity contribution in [1.82, 2.24) is 0 Å². The summed E-state index contributed by atoms with van der Waals surface area (Å²) in [6.07, 6.45) is 2.18. The zero-order valence-corrected chi connectivity index (χ0v) is 12.4. The molecule has 1 aromatic rings. The molecule has 0 amide bonds. The number of aromatic carboxylic acids is 1. The summed E-state index contributed by atoms with van der Waals surface area (Å²) in [6, 6.07) is 5.42. The molecule has 2 rings (SSSR count). The third-order valence-electron chi connectivity index (χ3n) is 3.94. The molecular weight excluding hydrogens is 252 g/mol. The van der Waals surface area contributed by atoms with Gasteiger partial charge in [-0.05, 0) is 48.6 Å². The Hall–Kier alpha value is -1.90. The normalized spacial score (nSPS) is 21.5. The van der Waals surface area contributed by atoms with Gasteiger partial charge >= 0.3 is 5.97 Å². The lowest BCUT2D eigenvalue weighted by Crippen LogP contribution is -2.30. The number of rotatable bonds is 2. The smallest absolute Gasteiger partial charge is 0.335 e. The van der Waals surface area contributed by atoms with E-state index in [1.165, 1.54) is 0 Å². The Labute approximate surface area is 119 Å². The minimum Gasteiger partial charge on any atom is -0.478 e. The predicted molar refractivity (Wildman–Crippen MR) is 78.0 cm³/mol. The highest BCUT2D eigenvalue weighted by Crippen LogP contribution is 2.46. The molecule has 0 saturated carbocycles. The summed E-state index contributed by atoms with van der Waals surface area (Å²) in [5, 5.41) is 9.20. The van der Waals surface area contributed by atoms with Crippen molar-refractivity contribution in [1.29, 1.82) is 0 Å².